The molecule has 0 heterocycles. The van der Waals surface area contributed by atoms with E-state index in [9.17, 15) is 14.4 Å². The van der Waals surface area contributed by atoms with Gasteiger partial charge in [-0.05, 0) is 54.6 Å². The van der Waals surface area contributed by atoms with Crippen LogP contribution in [0.2, 0.25) is 0 Å². The van der Waals surface area contributed by atoms with Crippen molar-refractivity contribution in [1.82, 2.24) is 0 Å². The number of ether oxygens (including phenoxy) is 3. The van der Waals surface area contributed by atoms with Gasteiger partial charge in [0, 0.05) is 11.6 Å². The van der Waals surface area contributed by atoms with Crippen LogP contribution in [-0.2, 0) is 11.4 Å². The topological polar surface area (TPSA) is 99.1 Å². The molecule has 0 spiro atoms. The van der Waals surface area contributed by atoms with Crippen LogP contribution in [0.1, 0.15) is 26.3 Å². The number of rotatable bonds is 8. The van der Waals surface area contributed by atoms with Gasteiger partial charge < -0.3 is 19.3 Å². The van der Waals surface area contributed by atoms with Crippen LogP contribution < -0.4 is 14.2 Å². The SMILES string of the molecule is C=CC(=O)Oc1ccccc1COc1ccc(C(=O)Oc2ccc(C(=O)O)cc2)cc1. The average molecular weight is 418 g/mol. The molecular formula is C24H18O7. The van der Waals surface area contributed by atoms with E-state index in [0.29, 0.717) is 22.6 Å². The highest BCUT2D eigenvalue weighted by Crippen LogP contribution is 2.22. The first kappa shape index (κ1) is 21.3. The number of aromatic carboxylic acids is 1. The minimum atomic E-state index is -1.06. The Bertz CT molecular complexity index is 1100. The van der Waals surface area contributed by atoms with Gasteiger partial charge in [-0.3, -0.25) is 0 Å². The number of carbonyl (C=O) groups is 3. The molecule has 0 unspecified atom stereocenters. The highest BCUT2D eigenvalue weighted by molar-refractivity contribution is 5.91. The van der Waals surface area contributed by atoms with Gasteiger partial charge in [0.15, 0.2) is 0 Å². The quantitative estimate of drug-likeness (QED) is 0.331. The fourth-order valence-corrected chi connectivity index (χ4v) is 2.55. The van der Waals surface area contributed by atoms with Crippen LogP contribution in [0.3, 0.4) is 0 Å². The molecule has 0 saturated heterocycles. The van der Waals surface area contributed by atoms with Crippen LogP contribution >= 0.6 is 0 Å². The van der Waals surface area contributed by atoms with Crippen LogP contribution in [-0.4, -0.2) is 23.0 Å². The Kier molecular flexibility index (Phi) is 6.80. The normalized spacial score (nSPS) is 10.1. The van der Waals surface area contributed by atoms with Gasteiger partial charge in [0.2, 0.25) is 0 Å². The molecule has 3 rings (SSSR count). The summed E-state index contributed by atoms with van der Waals surface area (Å²) >= 11 is 0. The van der Waals surface area contributed by atoms with Crippen LogP contribution in [0.4, 0.5) is 0 Å². The second-order valence-corrected chi connectivity index (χ2v) is 6.27. The molecule has 0 aliphatic heterocycles. The Morgan fingerprint density at radius 1 is 0.806 bits per heavy atom. The van der Waals surface area contributed by atoms with Gasteiger partial charge >= 0.3 is 17.9 Å². The zero-order chi connectivity index (χ0) is 22.2. The number of carboxylic acids is 1. The van der Waals surface area contributed by atoms with E-state index in [1.807, 2.05) is 0 Å². The molecule has 0 aliphatic carbocycles. The number of esters is 2. The van der Waals surface area contributed by atoms with Crippen molar-refractivity contribution in [2.24, 2.45) is 0 Å². The third-order valence-electron chi connectivity index (χ3n) is 4.15. The first-order valence-electron chi connectivity index (χ1n) is 9.17. The van der Waals surface area contributed by atoms with Gasteiger partial charge in [-0.2, -0.15) is 0 Å². The molecule has 0 atom stereocenters. The second kappa shape index (κ2) is 9.89. The Hall–Kier alpha value is -4.39. The van der Waals surface area contributed by atoms with E-state index >= 15 is 0 Å². The Morgan fingerprint density at radius 2 is 1.42 bits per heavy atom. The van der Waals surface area contributed by atoms with E-state index in [0.717, 1.165) is 6.08 Å². The second-order valence-electron chi connectivity index (χ2n) is 6.27. The molecule has 0 saturated carbocycles. The van der Waals surface area contributed by atoms with E-state index in [2.05, 4.69) is 6.58 Å². The van der Waals surface area contributed by atoms with Crippen molar-refractivity contribution in [3.63, 3.8) is 0 Å². The predicted molar refractivity (Wildman–Crippen MR) is 111 cm³/mol. The maximum Gasteiger partial charge on any atom is 0.343 e. The Morgan fingerprint density at radius 3 is 2.06 bits per heavy atom. The molecule has 3 aromatic carbocycles. The van der Waals surface area contributed by atoms with Crippen LogP contribution in [0, 0.1) is 0 Å². The summed E-state index contributed by atoms with van der Waals surface area (Å²) < 4.78 is 16.1. The van der Waals surface area contributed by atoms with Crippen LogP contribution in [0.5, 0.6) is 17.2 Å². The predicted octanol–water partition coefficient (Wildman–Crippen LogP) is 4.27. The first-order valence-corrected chi connectivity index (χ1v) is 9.17. The van der Waals surface area contributed by atoms with Crippen molar-refractivity contribution < 1.29 is 33.7 Å². The number of carbonyl (C=O) groups excluding carboxylic acids is 2. The lowest BCUT2D eigenvalue weighted by Crippen LogP contribution is -2.09. The summed E-state index contributed by atoms with van der Waals surface area (Å²) in [5.41, 5.74) is 1.07. The molecule has 0 aromatic heterocycles. The molecule has 0 bridgehead atoms. The molecule has 7 nitrogen and oxygen atoms in total. The van der Waals surface area contributed by atoms with Crippen molar-refractivity contribution in [2.45, 2.75) is 6.61 Å². The van der Waals surface area contributed by atoms with Gasteiger partial charge in [-0.1, -0.05) is 24.8 Å². The van der Waals surface area contributed by atoms with E-state index in [1.165, 1.54) is 24.3 Å². The average Bonchev–Trinajstić information content (AvgIpc) is 2.79. The first-order chi connectivity index (χ1) is 15.0. The van der Waals surface area contributed by atoms with E-state index in [4.69, 9.17) is 19.3 Å². The molecule has 31 heavy (non-hydrogen) atoms. The van der Waals surface area contributed by atoms with Crippen LogP contribution in [0.25, 0.3) is 0 Å². The van der Waals surface area contributed by atoms with Crippen molar-refractivity contribution in [2.75, 3.05) is 0 Å². The molecule has 0 radical (unpaired) electrons. The molecule has 0 aliphatic rings. The zero-order valence-corrected chi connectivity index (χ0v) is 16.3. The molecule has 0 fully saturated rings. The molecule has 7 heteroatoms. The molecule has 0 amide bonds. The van der Waals surface area contributed by atoms with Gasteiger partial charge in [-0.15, -0.1) is 0 Å². The van der Waals surface area contributed by atoms with Crippen molar-refractivity contribution >= 4 is 17.9 Å². The molecule has 156 valence electrons. The van der Waals surface area contributed by atoms with Gasteiger partial charge in [0.25, 0.3) is 0 Å². The van der Waals surface area contributed by atoms with Crippen LogP contribution in [0.15, 0.2) is 85.5 Å². The fourth-order valence-electron chi connectivity index (χ4n) is 2.55. The lowest BCUT2D eigenvalue weighted by molar-refractivity contribution is -0.129. The summed E-state index contributed by atoms with van der Waals surface area (Å²) in [4.78, 5) is 34.6. The van der Waals surface area contributed by atoms with Crippen molar-refractivity contribution in [1.29, 1.82) is 0 Å². The number of hydrogen-bond acceptors (Lipinski definition) is 6. The minimum Gasteiger partial charge on any atom is -0.489 e. The third-order valence-corrected chi connectivity index (χ3v) is 4.15. The minimum absolute atomic E-state index is 0.0992. The fraction of sp³-hybridized carbons (Fsp3) is 0.0417. The van der Waals surface area contributed by atoms with Crippen molar-refractivity contribution in [3.05, 3.63) is 102 Å². The number of para-hydroxylation sites is 1. The van der Waals surface area contributed by atoms with E-state index in [1.54, 1.807) is 48.5 Å². The number of carboxylic acid groups (broad SMARTS) is 1. The molecular weight excluding hydrogens is 400 g/mol. The summed E-state index contributed by atoms with van der Waals surface area (Å²) in [6.45, 7) is 3.53. The highest BCUT2D eigenvalue weighted by atomic mass is 16.5. The third kappa shape index (κ3) is 5.80. The van der Waals surface area contributed by atoms with Gasteiger partial charge in [0.05, 0.1) is 11.1 Å². The standard InChI is InChI=1S/C24H18O7/c1-2-22(25)31-21-6-4-3-5-18(21)15-29-19-11-9-17(10-12-19)24(28)30-20-13-7-16(8-14-20)23(26)27/h2-14H,1,15H2,(H,26,27). The highest BCUT2D eigenvalue weighted by Gasteiger charge is 2.11. The smallest absolute Gasteiger partial charge is 0.343 e. The summed E-state index contributed by atoms with van der Waals surface area (Å²) in [7, 11) is 0. The summed E-state index contributed by atoms with van der Waals surface area (Å²) in [5, 5.41) is 8.90. The maximum atomic E-state index is 12.3. The lowest BCUT2D eigenvalue weighted by atomic mass is 10.2. The zero-order valence-electron chi connectivity index (χ0n) is 16.3. The van der Waals surface area contributed by atoms with E-state index < -0.39 is 17.9 Å². The summed E-state index contributed by atoms with van der Waals surface area (Å²) in [6.07, 6.45) is 1.08. The summed E-state index contributed by atoms with van der Waals surface area (Å²) in [6, 6.07) is 18.8. The monoisotopic (exact) mass is 418 g/mol. The largest absolute Gasteiger partial charge is 0.489 e. The number of hydrogen-bond donors (Lipinski definition) is 1. The Balaban J connectivity index is 1.60. The van der Waals surface area contributed by atoms with Crippen molar-refractivity contribution in [3.8, 4) is 17.2 Å². The Labute approximate surface area is 178 Å². The molecule has 3 aromatic rings. The maximum absolute atomic E-state index is 12.3. The lowest BCUT2D eigenvalue weighted by Gasteiger charge is -2.11. The van der Waals surface area contributed by atoms with Gasteiger partial charge in [-0.25, -0.2) is 14.4 Å². The number of benzene rings is 3. The summed E-state index contributed by atoms with van der Waals surface area (Å²) in [5.74, 6) is -1.09. The van der Waals surface area contributed by atoms with Gasteiger partial charge in [0.1, 0.15) is 23.9 Å². The molecule has 1 N–H and O–H groups in total. The van der Waals surface area contributed by atoms with E-state index in [-0.39, 0.29) is 17.9 Å².